The van der Waals surface area contributed by atoms with Crippen molar-refractivity contribution < 1.29 is 9.53 Å². The highest BCUT2D eigenvalue weighted by molar-refractivity contribution is 5.72. The Labute approximate surface area is 76.3 Å². The number of imidazole rings is 1. The summed E-state index contributed by atoms with van der Waals surface area (Å²) >= 11 is 0. The molecule has 0 unspecified atom stereocenters. The number of H-pyrrole nitrogens is 1. The molecule has 68 valence electrons. The highest BCUT2D eigenvalue weighted by Gasteiger charge is 1.96. The van der Waals surface area contributed by atoms with Gasteiger partial charge in [-0.15, -0.1) is 0 Å². The zero-order valence-corrected chi connectivity index (χ0v) is 7.55. The molecule has 0 spiro atoms. The van der Waals surface area contributed by atoms with Crippen molar-refractivity contribution in [2.75, 3.05) is 7.11 Å². The van der Waals surface area contributed by atoms with Crippen LogP contribution in [-0.2, 0) is 9.53 Å². The Balaban J connectivity index is 2.58. The lowest BCUT2D eigenvalue weighted by molar-refractivity contribution is -0.139. The third kappa shape index (κ3) is 2.64. The van der Waals surface area contributed by atoms with Gasteiger partial charge in [0.15, 0.2) is 0 Å². The molecule has 0 radical (unpaired) electrons. The van der Waals surface area contributed by atoms with Gasteiger partial charge in [-0.1, -0.05) is 5.92 Å². The van der Waals surface area contributed by atoms with Crippen LogP contribution in [0, 0.1) is 18.8 Å². The van der Waals surface area contributed by atoms with E-state index in [9.17, 15) is 4.79 Å². The molecular weight excluding hydrogens is 168 g/mol. The molecule has 1 heterocycles. The SMILES string of the molecule is COC(=O)CC#Cc1nc[nH]c1C. The molecule has 0 aromatic carbocycles. The van der Waals surface area contributed by atoms with E-state index in [1.54, 1.807) is 6.33 Å². The van der Waals surface area contributed by atoms with E-state index < -0.39 is 0 Å². The summed E-state index contributed by atoms with van der Waals surface area (Å²) in [7, 11) is 1.34. The molecule has 0 aliphatic rings. The van der Waals surface area contributed by atoms with Crippen molar-refractivity contribution in [3.05, 3.63) is 17.7 Å². The molecule has 4 heteroatoms. The summed E-state index contributed by atoms with van der Waals surface area (Å²) in [4.78, 5) is 17.5. The van der Waals surface area contributed by atoms with E-state index in [1.165, 1.54) is 7.11 Å². The number of rotatable bonds is 1. The zero-order valence-electron chi connectivity index (χ0n) is 7.55. The molecule has 4 nitrogen and oxygen atoms in total. The second kappa shape index (κ2) is 4.31. The zero-order chi connectivity index (χ0) is 9.68. The number of methoxy groups -OCH3 is 1. The normalized spacial score (nSPS) is 8.77. The summed E-state index contributed by atoms with van der Waals surface area (Å²) in [6.45, 7) is 1.87. The monoisotopic (exact) mass is 178 g/mol. The van der Waals surface area contributed by atoms with E-state index in [2.05, 4.69) is 26.5 Å². The van der Waals surface area contributed by atoms with Gasteiger partial charge in [-0.2, -0.15) is 0 Å². The molecule has 0 fully saturated rings. The minimum absolute atomic E-state index is 0.100. The molecule has 1 N–H and O–H groups in total. The van der Waals surface area contributed by atoms with Crippen molar-refractivity contribution >= 4 is 5.97 Å². The van der Waals surface area contributed by atoms with E-state index in [-0.39, 0.29) is 12.4 Å². The number of nitrogens with one attached hydrogen (secondary N) is 1. The summed E-state index contributed by atoms with van der Waals surface area (Å²) in [6, 6.07) is 0. The van der Waals surface area contributed by atoms with E-state index in [0.29, 0.717) is 5.69 Å². The molecule has 0 bridgehead atoms. The standard InChI is InChI=1S/C9H10N2O2/c1-7-8(11-6-10-7)4-3-5-9(12)13-2/h6H,5H2,1-2H3,(H,10,11). The molecule has 13 heavy (non-hydrogen) atoms. The maximum atomic E-state index is 10.7. The number of aromatic amines is 1. The van der Waals surface area contributed by atoms with Crippen LogP contribution in [-0.4, -0.2) is 23.0 Å². The third-order valence-corrected chi connectivity index (χ3v) is 1.50. The van der Waals surface area contributed by atoms with Gasteiger partial charge >= 0.3 is 5.97 Å². The predicted octanol–water partition coefficient (Wildman–Crippen LogP) is 0.633. The van der Waals surface area contributed by atoms with Gasteiger partial charge in [-0.25, -0.2) is 4.98 Å². The fourth-order valence-electron chi connectivity index (χ4n) is 0.757. The lowest BCUT2D eigenvalue weighted by atomic mass is 10.3. The van der Waals surface area contributed by atoms with E-state index in [0.717, 1.165) is 5.69 Å². The van der Waals surface area contributed by atoms with Crippen LogP contribution in [0.15, 0.2) is 6.33 Å². The predicted molar refractivity (Wildman–Crippen MR) is 46.8 cm³/mol. The third-order valence-electron chi connectivity index (χ3n) is 1.50. The second-order valence-corrected chi connectivity index (χ2v) is 2.43. The second-order valence-electron chi connectivity index (χ2n) is 2.43. The van der Waals surface area contributed by atoms with Gasteiger partial charge in [-0.05, 0) is 12.8 Å². The first-order valence-electron chi connectivity index (χ1n) is 3.79. The number of hydrogen-bond donors (Lipinski definition) is 1. The number of hydrogen-bond acceptors (Lipinski definition) is 3. The van der Waals surface area contributed by atoms with Crippen LogP contribution in [0.4, 0.5) is 0 Å². The van der Waals surface area contributed by atoms with Crippen LogP contribution in [0.3, 0.4) is 0 Å². The van der Waals surface area contributed by atoms with Crippen molar-refractivity contribution in [1.29, 1.82) is 0 Å². The molecule has 0 aliphatic carbocycles. The molecule has 1 aromatic rings. The minimum atomic E-state index is -0.333. The average Bonchev–Trinajstić information content (AvgIpc) is 2.52. The van der Waals surface area contributed by atoms with Gasteiger partial charge in [-0.3, -0.25) is 4.79 Å². The van der Waals surface area contributed by atoms with Crippen LogP contribution >= 0.6 is 0 Å². The fourth-order valence-corrected chi connectivity index (χ4v) is 0.757. The highest BCUT2D eigenvalue weighted by atomic mass is 16.5. The molecule has 0 saturated carbocycles. The van der Waals surface area contributed by atoms with Crippen LogP contribution in [0.25, 0.3) is 0 Å². The largest absolute Gasteiger partial charge is 0.468 e. The molecular formula is C9H10N2O2. The summed E-state index contributed by atoms with van der Waals surface area (Å²) in [5.74, 6) is 5.10. The lowest BCUT2D eigenvalue weighted by Crippen LogP contribution is -1.97. The van der Waals surface area contributed by atoms with Crippen molar-refractivity contribution in [3.63, 3.8) is 0 Å². The van der Waals surface area contributed by atoms with Crippen molar-refractivity contribution in [2.45, 2.75) is 13.3 Å². The van der Waals surface area contributed by atoms with Gasteiger partial charge in [0.1, 0.15) is 12.1 Å². The summed E-state index contributed by atoms with van der Waals surface area (Å²) in [5.41, 5.74) is 1.57. The van der Waals surface area contributed by atoms with Crippen LogP contribution in [0.1, 0.15) is 17.8 Å². The van der Waals surface area contributed by atoms with Crippen molar-refractivity contribution in [3.8, 4) is 11.8 Å². The molecule has 1 aromatic heterocycles. The number of ether oxygens (including phenoxy) is 1. The Morgan fingerprint density at radius 1 is 1.77 bits per heavy atom. The summed E-state index contributed by atoms with van der Waals surface area (Å²) in [6.07, 6.45) is 1.67. The van der Waals surface area contributed by atoms with Crippen molar-refractivity contribution in [1.82, 2.24) is 9.97 Å². The number of esters is 1. The van der Waals surface area contributed by atoms with Gasteiger partial charge in [0.05, 0.1) is 13.4 Å². The lowest BCUT2D eigenvalue weighted by Gasteiger charge is -1.88. The number of nitrogens with zero attached hydrogens (tertiary/aromatic N) is 1. The number of carbonyl (C=O) groups is 1. The number of aromatic nitrogens is 2. The summed E-state index contributed by atoms with van der Waals surface area (Å²) < 4.78 is 4.43. The van der Waals surface area contributed by atoms with Gasteiger partial charge in [0, 0.05) is 5.69 Å². The quantitative estimate of drug-likeness (QED) is 0.507. The average molecular weight is 178 g/mol. The fraction of sp³-hybridized carbons (Fsp3) is 0.333. The molecule has 0 saturated heterocycles. The molecule has 0 aliphatic heterocycles. The smallest absolute Gasteiger partial charge is 0.317 e. The first-order valence-corrected chi connectivity index (χ1v) is 3.79. The maximum absolute atomic E-state index is 10.7. The Morgan fingerprint density at radius 3 is 3.08 bits per heavy atom. The maximum Gasteiger partial charge on any atom is 0.317 e. The Bertz CT molecular complexity index is 357. The number of aryl methyl sites for hydroxylation is 1. The Hall–Kier alpha value is -1.76. The molecule has 1 rings (SSSR count). The minimum Gasteiger partial charge on any atom is -0.468 e. The van der Waals surface area contributed by atoms with E-state index in [4.69, 9.17) is 0 Å². The molecule has 0 amide bonds. The number of carbonyl (C=O) groups excluding carboxylic acids is 1. The van der Waals surface area contributed by atoms with Crippen LogP contribution in [0.5, 0.6) is 0 Å². The van der Waals surface area contributed by atoms with Crippen LogP contribution in [0.2, 0.25) is 0 Å². The van der Waals surface area contributed by atoms with E-state index in [1.807, 2.05) is 6.92 Å². The Kier molecular flexibility index (Phi) is 3.09. The highest BCUT2D eigenvalue weighted by Crippen LogP contribution is 1.96. The topological polar surface area (TPSA) is 55.0 Å². The first kappa shape index (κ1) is 9.33. The molecule has 0 atom stereocenters. The Morgan fingerprint density at radius 2 is 2.54 bits per heavy atom. The summed E-state index contributed by atoms with van der Waals surface area (Å²) in [5, 5.41) is 0. The van der Waals surface area contributed by atoms with Crippen molar-refractivity contribution in [2.24, 2.45) is 0 Å². The first-order chi connectivity index (χ1) is 6.24. The van der Waals surface area contributed by atoms with Gasteiger partial charge in [0.25, 0.3) is 0 Å². The van der Waals surface area contributed by atoms with Crippen LogP contribution < -0.4 is 0 Å². The van der Waals surface area contributed by atoms with Gasteiger partial charge in [0.2, 0.25) is 0 Å². The van der Waals surface area contributed by atoms with Gasteiger partial charge < -0.3 is 9.72 Å². The van der Waals surface area contributed by atoms with E-state index >= 15 is 0 Å².